The summed E-state index contributed by atoms with van der Waals surface area (Å²) in [7, 11) is 2.04. The van der Waals surface area contributed by atoms with Crippen LogP contribution >= 0.6 is 24.4 Å². The maximum Gasteiger partial charge on any atom is 0.339 e. The van der Waals surface area contributed by atoms with Crippen molar-refractivity contribution in [2.24, 2.45) is 5.92 Å². The highest BCUT2D eigenvalue weighted by Crippen LogP contribution is 2.28. The van der Waals surface area contributed by atoms with Gasteiger partial charge in [0, 0.05) is 36.2 Å². The van der Waals surface area contributed by atoms with Crippen molar-refractivity contribution in [1.29, 1.82) is 0 Å². The van der Waals surface area contributed by atoms with Crippen molar-refractivity contribution in [2.45, 2.75) is 44.4 Å². The van der Waals surface area contributed by atoms with E-state index < -0.39 is 10.8 Å². The van der Waals surface area contributed by atoms with Crippen LogP contribution < -0.4 is 10.2 Å². The Labute approximate surface area is 160 Å². The molecule has 5 nitrogen and oxygen atoms in total. The topological polar surface area (TPSA) is 69.6 Å². The van der Waals surface area contributed by atoms with Crippen molar-refractivity contribution in [3.8, 4) is 0 Å². The van der Waals surface area contributed by atoms with Gasteiger partial charge in [-0.1, -0.05) is 19.1 Å². The number of carboxylic acids is 1. The number of carboxylic acid groups (broad SMARTS) is 1. The molecule has 0 spiro atoms. The van der Waals surface area contributed by atoms with Crippen LogP contribution in [0.4, 0.5) is 5.69 Å². The summed E-state index contributed by atoms with van der Waals surface area (Å²) in [5.74, 6) is -0.843. The highest BCUT2D eigenvalue weighted by Gasteiger charge is 2.36. The highest BCUT2D eigenvalue weighted by atomic mass is 32.2. The van der Waals surface area contributed by atoms with Crippen LogP contribution in [0.25, 0.3) is 0 Å². The minimum absolute atomic E-state index is 0.304. The summed E-state index contributed by atoms with van der Waals surface area (Å²) >= 11 is 5.28. The predicted octanol–water partition coefficient (Wildman–Crippen LogP) is 3.25. The number of anilines is 1. The molecule has 25 heavy (non-hydrogen) atoms. The molecule has 0 aromatic heterocycles. The molecule has 0 bridgehead atoms. The summed E-state index contributed by atoms with van der Waals surface area (Å²) in [6, 6.07) is 8.42. The first-order valence-electron chi connectivity index (χ1n) is 8.22. The van der Waals surface area contributed by atoms with E-state index in [2.05, 4.69) is 36.7 Å². The van der Waals surface area contributed by atoms with E-state index in [4.69, 9.17) is 0 Å². The molecule has 1 aromatic rings. The first kappa shape index (κ1) is 21.7. The number of carbonyl (C=O) groups excluding carboxylic acids is 1. The molecule has 7 heteroatoms. The van der Waals surface area contributed by atoms with E-state index >= 15 is 0 Å². The SMILES string of the molecule is CC(CS)C(=O)N[C@@](C)(SCc1ccc(N(C)C(C)C)cc1)C(=O)O. The molecule has 2 atom stereocenters. The van der Waals surface area contributed by atoms with Crippen LogP contribution in [-0.4, -0.2) is 40.7 Å². The fourth-order valence-corrected chi connectivity index (χ4v) is 3.06. The molecule has 1 amide bonds. The minimum Gasteiger partial charge on any atom is -0.479 e. The maximum absolute atomic E-state index is 12.0. The third kappa shape index (κ3) is 6.15. The Balaban J connectivity index is 2.77. The lowest BCUT2D eigenvalue weighted by Gasteiger charge is -2.27. The van der Waals surface area contributed by atoms with Gasteiger partial charge < -0.3 is 15.3 Å². The van der Waals surface area contributed by atoms with Crippen LogP contribution in [-0.2, 0) is 15.3 Å². The summed E-state index contributed by atoms with van der Waals surface area (Å²) < 4.78 is 0. The van der Waals surface area contributed by atoms with E-state index in [1.54, 1.807) is 6.92 Å². The van der Waals surface area contributed by atoms with E-state index in [9.17, 15) is 14.7 Å². The summed E-state index contributed by atoms with van der Waals surface area (Å²) in [4.78, 5) is 24.5. The molecule has 0 aliphatic rings. The molecule has 0 fully saturated rings. The molecule has 0 heterocycles. The zero-order valence-corrected chi connectivity index (χ0v) is 17.2. The lowest BCUT2D eigenvalue weighted by atomic mass is 10.2. The minimum atomic E-state index is -1.37. The van der Waals surface area contributed by atoms with Gasteiger partial charge in [0.05, 0.1) is 0 Å². The first-order chi connectivity index (χ1) is 11.6. The summed E-state index contributed by atoms with van der Waals surface area (Å²) in [6.45, 7) is 7.48. The van der Waals surface area contributed by atoms with E-state index in [-0.39, 0.29) is 11.8 Å². The lowest BCUT2D eigenvalue weighted by Crippen LogP contribution is -2.51. The van der Waals surface area contributed by atoms with E-state index in [1.807, 2.05) is 31.3 Å². The molecule has 1 rings (SSSR count). The number of amides is 1. The Morgan fingerprint density at radius 2 is 1.84 bits per heavy atom. The van der Waals surface area contributed by atoms with Crippen LogP contribution in [0, 0.1) is 5.92 Å². The van der Waals surface area contributed by atoms with E-state index in [1.165, 1.54) is 18.7 Å². The Morgan fingerprint density at radius 1 is 1.28 bits per heavy atom. The Bertz CT molecular complexity index is 592. The fourth-order valence-electron chi connectivity index (χ4n) is 1.95. The summed E-state index contributed by atoms with van der Waals surface area (Å²) in [5, 5.41) is 12.2. The van der Waals surface area contributed by atoms with Gasteiger partial charge in [-0.3, -0.25) is 4.79 Å². The predicted molar refractivity (Wildman–Crippen MR) is 108 cm³/mol. The molecular weight excluding hydrogens is 356 g/mol. The average Bonchev–Trinajstić information content (AvgIpc) is 2.58. The molecule has 0 aliphatic carbocycles. The number of nitrogens with one attached hydrogen (secondary N) is 1. The number of thiol groups is 1. The van der Waals surface area contributed by atoms with Gasteiger partial charge in [0.2, 0.25) is 5.91 Å². The molecule has 2 N–H and O–H groups in total. The average molecular weight is 385 g/mol. The van der Waals surface area contributed by atoms with Crippen LogP contribution in [0.2, 0.25) is 0 Å². The van der Waals surface area contributed by atoms with Crippen LogP contribution in [0.3, 0.4) is 0 Å². The number of benzene rings is 1. The van der Waals surface area contributed by atoms with Crippen LogP contribution in [0.5, 0.6) is 0 Å². The van der Waals surface area contributed by atoms with Gasteiger partial charge in [-0.05, 0) is 38.5 Å². The second-order valence-electron chi connectivity index (χ2n) is 6.57. The second kappa shape index (κ2) is 9.38. The Hall–Kier alpha value is -1.34. The van der Waals surface area contributed by atoms with Gasteiger partial charge in [-0.25, -0.2) is 4.79 Å². The van der Waals surface area contributed by atoms with Crippen molar-refractivity contribution in [3.63, 3.8) is 0 Å². The zero-order valence-electron chi connectivity index (χ0n) is 15.4. The standard InChI is InChI=1S/C18H28N2O3S2/c1-12(2)20(5)15-8-6-14(7-9-15)11-25-18(4,17(22)23)19-16(21)13(3)10-24/h6-9,12-13,24H,10-11H2,1-5H3,(H,19,21)(H,22,23)/t13?,18-/m0/s1. The molecule has 1 unspecified atom stereocenters. The van der Waals surface area contributed by atoms with Gasteiger partial charge in [-0.2, -0.15) is 12.6 Å². The van der Waals surface area contributed by atoms with E-state index in [0.717, 1.165) is 11.3 Å². The fraction of sp³-hybridized carbons (Fsp3) is 0.556. The normalized spacial score (nSPS) is 14.7. The number of thioether (sulfide) groups is 1. The second-order valence-corrected chi connectivity index (χ2v) is 8.33. The number of aliphatic carboxylic acids is 1. The van der Waals surface area contributed by atoms with Crippen molar-refractivity contribution in [3.05, 3.63) is 29.8 Å². The molecule has 1 aromatic carbocycles. The Morgan fingerprint density at radius 3 is 2.28 bits per heavy atom. The summed E-state index contributed by atoms with van der Waals surface area (Å²) in [5.41, 5.74) is 2.12. The third-order valence-electron chi connectivity index (χ3n) is 4.14. The smallest absolute Gasteiger partial charge is 0.339 e. The Kier molecular flexibility index (Phi) is 8.15. The highest BCUT2D eigenvalue weighted by molar-refractivity contribution is 8.00. The number of hydrogen-bond donors (Lipinski definition) is 3. The van der Waals surface area contributed by atoms with Gasteiger partial charge >= 0.3 is 5.97 Å². The van der Waals surface area contributed by atoms with Crippen LogP contribution in [0.15, 0.2) is 24.3 Å². The molecule has 0 saturated carbocycles. The number of carbonyl (C=O) groups is 2. The van der Waals surface area contributed by atoms with Gasteiger partial charge in [0.25, 0.3) is 0 Å². The molecule has 0 saturated heterocycles. The van der Waals surface area contributed by atoms with Gasteiger partial charge in [0.15, 0.2) is 4.87 Å². The molecule has 0 aliphatic heterocycles. The van der Waals surface area contributed by atoms with Gasteiger partial charge in [0.1, 0.15) is 0 Å². The molecular formula is C18H28N2O3S2. The lowest BCUT2D eigenvalue weighted by molar-refractivity contribution is -0.143. The number of hydrogen-bond acceptors (Lipinski definition) is 5. The maximum atomic E-state index is 12.0. The first-order valence-corrected chi connectivity index (χ1v) is 9.84. The van der Waals surface area contributed by atoms with Crippen molar-refractivity contribution in [2.75, 3.05) is 17.7 Å². The van der Waals surface area contributed by atoms with Gasteiger partial charge in [-0.15, -0.1) is 11.8 Å². The van der Waals surface area contributed by atoms with Crippen LogP contribution in [0.1, 0.15) is 33.3 Å². The number of rotatable bonds is 9. The monoisotopic (exact) mass is 384 g/mol. The zero-order chi connectivity index (χ0) is 19.2. The van der Waals surface area contributed by atoms with Crippen molar-refractivity contribution in [1.82, 2.24) is 5.32 Å². The molecule has 140 valence electrons. The number of nitrogens with zero attached hydrogens (tertiary/aromatic N) is 1. The molecule has 0 radical (unpaired) electrons. The van der Waals surface area contributed by atoms with E-state index in [0.29, 0.717) is 17.5 Å². The summed E-state index contributed by atoms with van der Waals surface area (Å²) in [6.07, 6.45) is 0. The third-order valence-corrected chi connectivity index (χ3v) is 6.02. The van der Waals surface area contributed by atoms with Crippen molar-refractivity contribution < 1.29 is 14.7 Å². The quantitative estimate of drug-likeness (QED) is 0.450. The largest absolute Gasteiger partial charge is 0.479 e. The van der Waals surface area contributed by atoms with Crippen molar-refractivity contribution >= 4 is 42.0 Å².